The predicted octanol–water partition coefficient (Wildman–Crippen LogP) is 0.00490. The van der Waals surface area contributed by atoms with Crippen LogP contribution >= 0.6 is 7.66 Å². The van der Waals surface area contributed by atoms with E-state index in [2.05, 4.69) is 13.6 Å². The summed E-state index contributed by atoms with van der Waals surface area (Å²) in [6, 6.07) is 0. The molecule has 0 aromatic carbocycles. The van der Waals surface area contributed by atoms with E-state index in [1.165, 1.54) is 21.3 Å². The fourth-order valence-electron chi connectivity index (χ4n) is 0.224. The molecule has 0 aliphatic carbocycles. The van der Waals surface area contributed by atoms with Gasteiger partial charge in [0, 0.05) is 0 Å². The van der Waals surface area contributed by atoms with Gasteiger partial charge in [-0.1, -0.05) is 0 Å². The molecule has 0 aliphatic heterocycles. The van der Waals surface area contributed by atoms with Crippen molar-refractivity contribution in [2.75, 3.05) is 21.3 Å². The Morgan fingerprint density at radius 2 is 1.33 bits per heavy atom. The van der Waals surface area contributed by atoms with E-state index in [0.717, 1.165) is 0 Å². The molecule has 0 fully saturated rings. The minimum atomic E-state index is -4.13. The first kappa shape index (κ1) is 9.23. The number of nitrogens with two attached hydrogens (primary N) is 1. The van der Waals surface area contributed by atoms with Gasteiger partial charge in [0.25, 0.3) is 0 Å². The van der Waals surface area contributed by atoms with Crippen molar-refractivity contribution >= 4 is 7.66 Å². The molecule has 0 heterocycles. The molecule has 0 spiro atoms. The number of hydrogen-bond acceptors (Lipinski definition) is 5. The quantitative estimate of drug-likeness (QED) is 0.564. The van der Waals surface area contributed by atoms with Crippen molar-refractivity contribution in [1.29, 1.82) is 0 Å². The van der Waals surface area contributed by atoms with Crippen LogP contribution in [-0.4, -0.2) is 26.2 Å². The average molecular weight is 157 g/mol. The van der Waals surface area contributed by atoms with Crippen molar-refractivity contribution < 1.29 is 18.5 Å². The molecule has 0 rings (SSSR count). The van der Waals surface area contributed by atoms with Crippen LogP contribution in [0.3, 0.4) is 0 Å². The summed E-state index contributed by atoms with van der Waals surface area (Å²) in [5, 5.41) is 0. The molecule has 0 unspecified atom stereocenters. The van der Waals surface area contributed by atoms with Crippen LogP contribution in [0.1, 0.15) is 0 Å². The second-order valence-electron chi connectivity index (χ2n) is 1.45. The van der Waals surface area contributed by atoms with Crippen LogP contribution in [0.4, 0.5) is 0 Å². The summed E-state index contributed by atoms with van der Waals surface area (Å²) in [5.41, 5.74) is 5.16. The second-order valence-corrected chi connectivity index (χ2v) is 4.34. The van der Waals surface area contributed by atoms with Crippen molar-refractivity contribution in [3.63, 3.8) is 0 Å². The van der Waals surface area contributed by atoms with E-state index >= 15 is 0 Å². The zero-order chi connectivity index (χ0) is 7.57. The second kappa shape index (κ2) is 2.46. The van der Waals surface area contributed by atoms with Crippen LogP contribution in [0, 0.1) is 0 Å². The molecule has 5 nitrogen and oxygen atoms in total. The van der Waals surface area contributed by atoms with Gasteiger partial charge >= 0.3 is 53.0 Å². The molecule has 0 saturated carbocycles. The first-order chi connectivity index (χ1) is 3.96. The third kappa shape index (κ3) is 2.14. The molecule has 0 aromatic heterocycles. The van der Waals surface area contributed by atoms with Crippen LogP contribution in [-0.2, 0) is 13.6 Å². The molecule has 0 bridgehead atoms. The number of hydrogen-bond donors (Lipinski definition) is 2. The third-order valence-corrected chi connectivity index (χ3v) is 3.03. The molecule has 3 N–H and O–H groups in total. The van der Waals surface area contributed by atoms with Gasteiger partial charge in [-0.15, -0.1) is 0 Å². The van der Waals surface area contributed by atoms with Gasteiger partial charge in [0.05, 0.1) is 0 Å². The van der Waals surface area contributed by atoms with E-state index in [0.29, 0.717) is 0 Å². The Morgan fingerprint density at radius 1 is 1.11 bits per heavy atom. The molecule has 0 amide bonds. The Morgan fingerprint density at radius 3 is 1.33 bits per heavy atom. The van der Waals surface area contributed by atoms with Gasteiger partial charge in [0.2, 0.25) is 0 Å². The topological polar surface area (TPSA) is 73.9 Å². The van der Waals surface area contributed by atoms with E-state index in [-0.39, 0.29) is 0 Å². The fourth-order valence-corrected chi connectivity index (χ4v) is 0.671. The van der Waals surface area contributed by atoms with Gasteiger partial charge in [-0.05, 0) is 0 Å². The monoisotopic (exact) mass is 157 g/mol. The Bertz CT molecular complexity index is 87.0. The van der Waals surface area contributed by atoms with Gasteiger partial charge in [-0.3, -0.25) is 0 Å². The normalized spacial score (nSPS) is 16.8. The summed E-state index contributed by atoms with van der Waals surface area (Å²) in [4.78, 5) is 9.14. The Kier molecular flexibility index (Phi) is 2.52. The van der Waals surface area contributed by atoms with E-state index < -0.39 is 7.66 Å². The molecule has 58 valence electrons. The maximum atomic E-state index is 9.14. The molecule has 0 atom stereocenters. The van der Waals surface area contributed by atoms with Crippen LogP contribution in [0.2, 0.25) is 0 Å². The average Bonchev–Trinajstić information content (AvgIpc) is 1.90. The van der Waals surface area contributed by atoms with Gasteiger partial charge in [-0.2, -0.15) is 0 Å². The molecule has 0 radical (unpaired) electrons. The fraction of sp³-hybridized carbons (Fsp3) is 1.00. The van der Waals surface area contributed by atoms with Crippen LogP contribution in [0.5, 0.6) is 0 Å². The summed E-state index contributed by atoms with van der Waals surface area (Å²) < 4.78 is 13.3. The first-order valence-electron chi connectivity index (χ1n) is 2.23. The van der Waals surface area contributed by atoms with E-state index in [9.17, 15) is 0 Å². The number of rotatable bonds is 3. The molecule has 0 saturated heterocycles. The summed E-state index contributed by atoms with van der Waals surface area (Å²) in [6.07, 6.45) is 0. The maximum absolute atomic E-state index is 9.14. The van der Waals surface area contributed by atoms with E-state index in [1.54, 1.807) is 0 Å². The zero-order valence-corrected chi connectivity index (χ0v) is 6.59. The van der Waals surface area contributed by atoms with Crippen molar-refractivity contribution in [2.45, 2.75) is 0 Å². The zero-order valence-electron chi connectivity index (χ0n) is 5.70. The van der Waals surface area contributed by atoms with Crippen LogP contribution < -0.4 is 5.50 Å². The SMILES string of the molecule is COP(N)(O)(OC)OC. The third-order valence-electron chi connectivity index (χ3n) is 1.01. The van der Waals surface area contributed by atoms with Gasteiger partial charge in [-0.25, -0.2) is 0 Å². The minimum absolute atomic E-state index is 1.21. The van der Waals surface area contributed by atoms with Gasteiger partial charge in [0.1, 0.15) is 0 Å². The van der Waals surface area contributed by atoms with Crippen molar-refractivity contribution in [3.05, 3.63) is 0 Å². The molecule has 6 heteroatoms. The summed E-state index contributed by atoms with van der Waals surface area (Å²) in [7, 11) is -0.487. The summed E-state index contributed by atoms with van der Waals surface area (Å²) in [5.74, 6) is 0. The van der Waals surface area contributed by atoms with Crippen LogP contribution in [0.25, 0.3) is 0 Å². The molecule has 0 aromatic rings. The molecular weight excluding hydrogens is 145 g/mol. The standard InChI is InChI=1S/C3H12NO4P/c1-6-9(4,5,7-2)8-3/h5H,4H2,1-3H3. The summed E-state index contributed by atoms with van der Waals surface area (Å²) >= 11 is 0. The summed E-state index contributed by atoms with van der Waals surface area (Å²) in [6.45, 7) is 0. The Balaban J connectivity index is 4.20. The Hall–Kier alpha value is 0.230. The van der Waals surface area contributed by atoms with Crippen LogP contribution in [0.15, 0.2) is 0 Å². The van der Waals surface area contributed by atoms with Gasteiger partial charge < -0.3 is 0 Å². The molecule has 0 aliphatic rings. The van der Waals surface area contributed by atoms with Crippen molar-refractivity contribution in [3.8, 4) is 0 Å². The molecule has 9 heavy (non-hydrogen) atoms. The van der Waals surface area contributed by atoms with E-state index in [1.807, 2.05) is 0 Å². The first-order valence-corrected chi connectivity index (χ1v) is 4.24. The van der Waals surface area contributed by atoms with Crippen molar-refractivity contribution in [1.82, 2.24) is 0 Å². The Labute approximate surface area is 54.0 Å². The predicted molar refractivity (Wildman–Crippen MR) is 34.4 cm³/mol. The van der Waals surface area contributed by atoms with Gasteiger partial charge in [0.15, 0.2) is 0 Å². The van der Waals surface area contributed by atoms with E-state index in [4.69, 9.17) is 10.4 Å². The van der Waals surface area contributed by atoms with Crippen molar-refractivity contribution in [2.24, 2.45) is 5.50 Å². The molecular formula is C3H12NO4P.